The molecular weight excluding hydrogens is 232 g/mol. The molecule has 4 nitrogen and oxygen atoms in total. The van der Waals surface area contributed by atoms with Crippen molar-refractivity contribution in [3.63, 3.8) is 0 Å². The second kappa shape index (κ2) is 5.52. The molecule has 2 rings (SSSR count). The van der Waals surface area contributed by atoms with Gasteiger partial charge in [0.1, 0.15) is 24.1 Å². The van der Waals surface area contributed by atoms with Gasteiger partial charge in [0.25, 0.3) is 0 Å². The standard InChI is InChI=1S/C14H18O4/c1-9-13(15)14(16)12(18-9)7-6-10-4-3-5-11(8-10)17-2/h3-9,12-16H,1-2H3/b7-6+/t9-,12+,13-,14+/m0/s1. The van der Waals surface area contributed by atoms with Crippen molar-refractivity contribution in [1.82, 2.24) is 0 Å². The fourth-order valence-electron chi connectivity index (χ4n) is 1.99. The Balaban J connectivity index is 2.07. The number of aliphatic hydroxyl groups is 2. The molecule has 1 aliphatic heterocycles. The molecule has 0 radical (unpaired) electrons. The van der Waals surface area contributed by atoms with Crippen LogP contribution in [0.1, 0.15) is 12.5 Å². The summed E-state index contributed by atoms with van der Waals surface area (Å²) >= 11 is 0. The maximum absolute atomic E-state index is 9.76. The summed E-state index contributed by atoms with van der Waals surface area (Å²) in [6.07, 6.45) is 1.08. The third kappa shape index (κ3) is 2.72. The Morgan fingerprint density at radius 1 is 1.28 bits per heavy atom. The van der Waals surface area contributed by atoms with Crippen molar-refractivity contribution in [3.05, 3.63) is 35.9 Å². The lowest BCUT2D eigenvalue weighted by Gasteiger charge is -2.10. The van der Waals surface area contributed by atoms with Crippen LogP contribution in [0.5, 0.6) is 5.75 Å². The number of rotatable bonds is 3. The number of aliphatic hydroxyl groups excluding tert-OH is 2. The molecule has 1 fully saturated rings. The molecule has 1 aliphatic rings. The number of ether oxygens (including phenoxy) is 2. The molecule has 2 N–H and O–H groups in total. The van der Waals surface area contributed by atoms with Gasteiger partial charge in [-0.25, -0.2) is 0 Å². The number of benzene rings is 1. The van der Waals surface area contributed by atoms with E-state index in [9.17, 15) is 10.2 Å². The first kappa shape index (κ1) is 13.1. The van der Waals surface area contributed by atoms with Crippen LogP contribution in [0, 0.1) is 0 Å². The first-order chi connectivity index (χ1) is 8.61. The van der Waals surface area contributed by atoms with E-state index in [1.54, 1.807) is 20.1 Å². The molecule has 1 heterocycles. The number of methoxy groups -OCH3 is 1. The Bertz CT molecular complexity index is 430. The summed E-state index contributed by atoms with van der Waals surface area (Å²) in [6, 6.07) is 7.57. The topological polar surface area (TPSA) is 58.9 Å². The van der Waals surface area contributed by atoms with Gasteiger partial charge in [0.05, 0.1) is 13.2 Å². The highest BCUT2D eigenvalue weighted by Gasteiger charge is 2.38. The second-order valence-electron chi connectivity index (χ2n) is 4.42. The first-order valence-corrected chi connectivity index (χ1v) is 5.95. The van der Waals surface area contributed by atoms with Crippen molar-refractivity contribution in [2.45, 2.75) is 31.3 Å². The maximum atomic E-state index is 9.76. The Kier molecular flexibility index (Phi) is 4.01. The van der Waals surface area contributed by atoms with Crippen LogP contribution in [0.4, 0.5) is 0 Å². The summed E-state index contributed by atoms with van der Waals surface area (Å²) in [6.45, 7) is 1.74. The molecule has 18 heavy (non-hydrogen) atoms. The van der Waals surface area contributed by atoms with Crippen molar-refractivity contribution in [3.8, 4) is 5.75 Å². The lowest BCUT2D eigenvalue weighted by molar-refractivity contribution is 0.0316. The number of hydrogen-bond donors (Lipinski definition) is 2. The summed E-state index contributed by atoms with van der Waals surface area (Å²) in [5.41, 5.74) is 0.958. The van der Waals surface area contributed by atoms with Gasteiger partial charge >= 0.3 is 0 Å². The highest BCUT2D eigenvalue weighted by atomic mass is 16.5. The van der Waals surface area contributed by atoms with Crippen LogP contribution >= 0.6 is 0 Å². The SMILES string of the molecule is COc1cccc(/C=C/[C@H]2O[C@@H](C)[C@H](O)[C@@H]2O)c1. The minimum Gasteiger partial charge on any atom is -0.497 e. The van der Waals surface area contributed by atoms with E-state index in [0.29, 0.717) is 0 Å². The lowest BCUT2D eigenvalue weighted by atomic mass is 10.1. The van der Waals surface area contributed by atoms with E-state index in [1.165, 1.54) is 0 Å². The third-order valence-electron chi connectivity index (χ3n) is 3.11. The highest BCUT2D eigenvalue weighted by molar-refractivity contribution is 5.52. The summed E-state index contributed by atoms with van der Waals surface area (Å²) in [7, 11) is 1.62. The number of hydrogen-bond acceptors (Lipinski definition) is 4. The molecule has 0 aliphatic carbocycles. The molecule has 1 aromatic carbocycles. The smallest absolute Gasteiger partial charge is 0.119 e. The molecule has 1 aromatic rings. The molecule has 0 bridgehead atoms. The van der Waals surface area contributed by atoms with Crippen molar-refractivity contribution >= 4 is 6.08 Å². The van der Waals surface area contributed by atoms with Crippen LogP contribution < -0.4 is 4.74 Å². The van der Waals surface area contributed by atoms with E-state index in [0.717, 1.165) is 11.3 Å². The molecule has 98 valence electrons. The normalized spacial score (nSPS) is 32.0. The fraction of sp³-hybridized carbons (Fsp3) is 0.429. The molecule has 1 saturated heterocycles. The largest absolute Gasteiger partial charge is 0.497 e. The molecular formula is C14H18O4. The fourth-order valence-corrected chi connectivity index (χ4v) is 1.99. The summed E-state index contributed by atoms with van der Waals surface area (Å²) in [5.74, 6) is 0.776. The van der Waals surface area contributed by atoms with Crippen LogP contribution in [0.2, 0.25) is 0 Å². The third-order valence-corrected chi connectivity index (χ3v) is 3.11. The molecule has 4 atom stereocenters. The predicted molar refractivity (Wildman–Crippen MR) is 68.4 cm³/mol. The zero-order valence-corrected chi connectivity index (χ0v) is 10.5. The zero-order chi connectivity index (χ0) is 13.1. The van der Waals surface area contributed by atoms with Gasteiger partial charge in [0.2, 0.25) is 0 Å². The monoisotopic (exact) mass is 250 g/mol. The molecule has 0 amide bonds. The molecule has 0 aromatic heterocycles. The van der Waals surface area contributed by atoms with Crippen molar-refractivity contribution in [1.29, 1.82) is 0 Å². The Morgan fingerprint density at radius 2 is 2.06 bits per heavy atom. The quantitative estimate of drug-likeness (QED) is 0.846. The van der Waals surface area contributed by atoms with Gasteiger partial charge in [0.15, 0.2) is 0 Å². The minimum absolute atomic E-state index is 0.347. The van der Waals surface area contributed by atoms with Crippen LogP contribution in [0.15, 0.2) is 30.3 Å². The maximum Gasteiger partial charge on any atom is 0.119 e. The Labute approximate surface area is 106 Å². The highest BCUT2D eigenvalue weighted by Crippen LogP contribution is 2.23. The Hall–Kier alpha value is -1.36. The van der Waals surface area contributed by atoms with E-state index in [1.807, 2.05) is 30.3 Å². The van der Waals surface area contributed by atoms with Gasteiger partial charge in [-0.2, -0.15) is 0 Å². The van der Waals surface area contributed by atoms with Gasteiger partial charge < -0.3 is 19.7 Å². The van der Waals surface area contributed by atoms with Crippen molar-refractivity contribution in [2.75, 3.05) is 7.11 Å². The average molecular weight is 250 g/mol. The average Bonchev–Trinajstić information content (AvgIpc) is 2.64. The van der Waals surface area contributed by atoms with Gasteiger partial charge in [-0.3, -0.25) is 0 Å². The summed E-state index contributed by atoms with van der Waals surface area (Å²) < 4.78 is 10.6. The van der Waals surface area contributed by atoms with Crippen LogP contribution in [-0.2, 0) is 4.74 Å². The van der Waals surface area contributed by atoms with Crippen LogP contribution in [0.25, 0.3) is 6.08 Å². The van der Waals surface area contributed by atoms with E-state index in [4.69, 9.17) is 9.47 Å². The van der Waals surface area contributed by atoms with Crippen LogP contribution in [-0.4, -0.2) is 41.7 Å². The molecule has 0 saturated carbocycles. The van der Waals surface area contributed by atoms with Gasteiger partial charge in [-0.1, -0.05) is 24.3 Å². The Morgan fingerprint density at radius 3 is 2.67 bits per heavy atom. The summed E-state index contributed by atoms with van der Waals surface area (Å²) in [5, 5.41) is 19.3. The van der Waals surface area contributed by atoms with Crippen LogP contribution in [0.3, 0.4) is 0 Å². The molecule has 0 unspecified atom stereocenters. The van der Waals surface area contributed by atoms with Crippen molar-refractivity contribution < 1.29 is 19.7 Å². The second-order valence-corrected chi connectivity index (χ2v) is 4.42. The van der Waals surface area contributed by atoms with E-state index >= 15 is 0 Å². The predicted octanol–water partition coefficient (Wildman–Crippen LogP) is 1.22. The van der Waals surface area contributed by atoms with E-state index in [2.05, 4.69) is 0 Å². The zero-order valence-electron chi connectivity index (χ0n) is 10.5. The van der Waals surface area contributed by atoms with E-state index < -0.39 is 18.3 Å². The van der Waals surface area contributed by atoms with Gasteiger partial charge in [0, 0.05) is 0 Å². The lowest BCUT2D eigenvalue weighted by Crippen LogP contribution is -2.30. The first-order valence-electron chi connectivity index (χ1n) is 5.95. The minimum atomic E-state index is -0.873. The summed E-state index contributed by atoms with van der Waals surface area (Å²) in [4.78, 5) is 0. The van der Waals surface area contributed by atoms with Gasteiger partial charge in [-0.15, -0.1) is 0 Å². The van der Waals surface area contributed by atoms with Crippen molar-refractivity contribution in [2.24, 2.45) is 0 Å². The molecule has 0 spiro atoms. The molecule has 4 heteroatoms. The van der Waals surface area contributed by atoms with E-state index in [-0.39, 0.29) is 6.10 Å². The van der Waals surface area contributed by atoms with Gasteiger partial charge in [-0.05, 0) is 24.6 Å².